The second-order valence-corrected chi connectivity index (χ2v) is 10.8. The lowest BCUT2D eigenvalue weighted by atomic mass is 9.92. The maximum atomic E-state index is 8.63. The summed E-state index contributed by atoms with van der Waals surface area (Å²) in [5.74, 6) is 4.86. The summed E-state index contributed by atoms with van der Waals surface area (Å²) < 4.78 is 80.8. The zero-order valence-corrected chi connectivity index (χ0v) is 27.7. The highest BCUT2D eigenvalue weighted by molar-refractivity contribution is 7.79. The van der Waals surface area contributed by atoms with Gasteiger partial charge < -0.3 is 42.4 Å². The molecule has 0 fully saturated rings. The lowest BCUT2D eigenvalue weighted by Crippen LogP contribution is -2.44. The van der Waals surface area contributed by atoms with Crippen LogP contribution in [0.4, 0.5) is 0 Å². The monoisotopic (exact) mass is 659 g/mol. The first-order valence-electron chi connectivity index (χ1n) is 13.9. The number of fused-ring (bicyclic) bond motifs is 4. The molecule has 1 N–H and O–H groups in total. The number of pyridine rings is 1. The first-order chi connectivity index (χ1) is 22.0. The van der Waals surface area contributed by atoms with Crippen molar-refractivity contribution in [2.75, 3.05) is 56.9 Å². The van der Waals surface area contributed by atoms with Gasteiger partial charge in [0.15, 0.2) is 46.7 Å². The number of aromatic nitrogens is 1. The van der Waals surface area contributed by atoms with E-state index in [1.165, 1.54) is 5.56 Å². The predicted molar refractivity (Wildman–Crippen MR) is 167 cm³/mol. The quantitative estimate of drug-likeness (QED) is 0.149. The molecule has 3 aromatic carbocycles. The maximum Gasteiger partial charge on any atom is 0.215 e. The van der Waals surface area contributed by atoms with Gasteiger partial charge in [0, 0.05) is 17.9 Å². The fraction of sp³-hybridized carbons (Fsp3) is 0.344. The number of hydrogen-bond acceptors (Lipinski definition) is 11. The number of nitrogens with zero attached hydrogens (tertiary/aromatic N) is 1. The molecule has 0 saturated carbocycles. The van der Waals surface area contributed by atoms with Crippen LogP contribution < -0.4 is 42.5 Å². The zero-order chi connectivity index (χ0) is 33.8. The Kier molecular flexibility index (Phi) is 10.6. The van der Waals surface area contributed by atoms with Crippen LogP contribution in [0, 0.1) is 0 Å². The van der Waals surface area contributed by atoms with Gasteiger partial charge in [-0.3, -0.25) is 4.55 Å². The summed E-state index contributed by atoms with van der Waals surface area (Å²) in [6.07, 6.45) is 1.37. The largest absolute Gasteiger partial charge is 0.726 e. The number of ether oxygens (including phenoxy) is 8. The van der Waals surface area contributed by atoms with Gasteiger partial charge in [0.2, 0.25) is 27.6 Å². The van der Waals surface area contributed by atoms with Crippen LogP contribution in [0.2, 0.25) is 0 Å². The van der Waals surface area contributed by atoms with Crippen LogP contribution in [0.3, 0.4) is 0 Å². The molecule has 2 heterocycles. The van der Waals surface area contributed by atoms with E-state index in [1.807, 2.05) is 24.3 Å². The van der Waals surface area contributed by atoms with Gasteiger partial charge in [-0.15, -0.1) is 0 Å². The normalized spacial score (nSPS) is 11.8. The molecule has 0 saturated heterocycles. The molecule has 14 heteroatoms. The third kappa shape index (κ3) is 6.78. The Bertz CT molecular complexity index is 1820. The predicted octanol–water partition coefficient (Wildman–Crippen LogP) is 4.01. The molecule has 1 aliphatic heterocycles. The smallest absolute Gasteiger partial charge is 0.215 e. The minimum atomic E-state index is -4.92. The van der Waals surface area contributed by atoms with Crippen molar-refractivity contribution in [2.24, 2.45) is 0 Å². The van der Waals surface area contributed by atoms with E-state index in [9.17, 15) is 0 Å². The van der Waals surface area contributed by atoms with Gasteiger partial charge in [0.1, 0.15) is 0 Å². The maximum absolute atomic E-state index is 8.63. The Balaban J connectivity index is 0.000000892. The van der Waals surface area contributed by atoms with Crippen LogP contribution in [0.1, 0.15) is 16.8 Å². The average molecular weight is 660 g/mol. The van der Waals surface area contributed by atoms with Crippen molar-refractivity contribution in [2.45, 2.75) is 19.4 Å². The van der Waals surface area contributed by atoms with E-state index in [1.54, 1.807) is 56.9 Å². The van der Waals surface area contributed by atoms with E-state index >= 15 is 0 Å². The van der Waals surface area contributed by atoms with Crippen molar-refractivity contribution < 1.29 is 60.0 Å². The van der Waals surface area contributed by atoms with Gasteiger partial charge in [-0.05, 0) is 41.5 Å². The molecule has 1 aliphatic rings. The summed E-state index contributed by atoms with van der Waals surface area (Å²) in [6, 6.07) is 12.2. The van der Waals surface area contributed by atoms with Gasteiger partial charge >= 0.3 is 0 Å². The van der Waals surface area contributed by atoms with Crippen LogP contribution in [-0.2, 0) is 29.8 Å². The summed E-state index contributed by atoms with van der Waals surface area (Å²) in [4.78, 5) is 0. The lowest BCUT2D eigenvalue weighted by molar-refractivity contribution is -0.693. The molecule has 4 aromatic rings. The fourth-order valence-electron chi connectivity index (χ4n) is 5.78. The molecule has 1 aromatic heterocycles. The Hall–Kier alpha value is -4.66. The highest BCUT2D eigenvalue weighted by Crippen LogP contribution is 2.47. The molecule has 0 bridgehead atoms. The third-order valence-corrected chi connectivity index (χ3v) is 7.64. The SMILES string of the molecule is COc1cc2c(cc1OC)-c1cc3cc(OC)c(OC)c(OC)c3c(Cc3cc(OC)c(OC)c(OC)c3)[n+]1CC2.O=S(=O)([O-])O. The standard InChI is InChI=1S/C32H36NO8.H2O4S/c1-34-24-15-19-9-10-33-22(21(19)17-25(24)35-2)14-20-16-28(38-5)31(40-7)32(41-8)29(20)23(33)11-18-12-26(36-3)30(39-6)27(13-18)37-4;1-5(2,3)4/h12-17H,9-11H2,1-8H3;(H2,1,2,3,4)/q+1;/p-1. The average Bonchev–Trinajstić information content (AvgIpc) is 3.04. The lowest BCUT2D eigenvalue weighted by Gasteiger charge is -2.22. The summed E-state index contributed by atoms with van der Waals surface area (Å²) in [6.45, 7) is 0.755. The molecule has 5 rings (SSSR count). The molecule has 248 valence electrons. The van der Waals surface area contributed by atoms with Crippen LogP contribution >= 0.6 is 0 Å². The first-order valence-corrected chi connectivity index (χ1v) is 15.2. The third-order valence-electron chi connectivity index (χ3n) is 7.64. The molecule has 0 spiro atoms. The number of aryl methyl sites for hydroxylation is 1. The summed E-state index contributed by atoms with van der Waals surface area (Å²) in [7, 11) is 8.12. The molecular formula is C32H37NO12S. The van der Waals surface area contributed by atoms with Crippen molar-refractivity contribution in [3.05, 3.63) is 53.2 Å². The second kappa shape index (κ2) is 14.2. The van der Waals surface area contributed by atoms with Crippen molar-refractivity contribution >= 4 is 21.2 Å². The van der Waals surface area contributed by atoms with Gasteiger partial charge in [-0.2, -0.15) is 4.57 Å². The highest BCUT2D eigenvalue weighted by Gasteiger charge is 2.33. The van der Waals surface area contributed by atoms with Crippen molar-refractivity contribution in [1.82, 2.24) is 0 Å². The van der Waals surface area contributed by atoms with Crippen LogP contribution in [0.5, 0.6) is 46.0 Å². The topological polar surface area (TPSA) is 155 Å². The van der Waals surface area contributed by atoms with Crippen LogP contribution in [0.25, 0.3) is 22.0 Å². The number of benzene rings is 3. The van der Waals surface area contributed by atoms with Gasteiger partial charge in [-0.1, -0.05) is 0 Å². The first kappa shape index (κ1) is 34.2. The molecule has 0 amide bonds. The van der Waals surface area contributed by atoms with Crippen LogP contribution in [-0.4, -0.2) is 74.4 Å². The van der Waals surface area contributed by atoms with E-state index < -0.39 is 10.4 Å². The van der Waals surface area contributed by atoms with Crippen molar-refractivity contribution in [3.8, 4) is 57.3 Å². The number of rotatable bonds is 10. The van der Waals surface area contributed by atoms with E-state index in [4.69, 9.17) is 55.4 Å². The second-order valence-electron chi connectivity index (χ2n) is 9.99. The van der Waals surface area contributed by atoms with Gasteiger partial charge in [0.05, 0.1) is 74.2 Å². The van der Waals surface area contributed by atoms with E-state index in [2.05, 4.69) is 16.7 Å². The highest BCUT2D eigenvalue weighted by atomic mass is 32.3. The van der Waals surface area contributed by atoms with Crippen molar-refractivity contribution in [1.29, 1.82) is 0 Å². The Morgan fingerprint density at radius 3 is 1.67 bits per heavy atom. The van der Waals surface area contributed by atoms with E-state index in [0.717, 1.165) is 46.3 Å². The summed E-state index contributed by atoms with van der Waals surface area (Å²) in [5.41, 5.74) is 5.35. The Labute approximate surface area is 267 Å². The minimum Gasteiger partial charge on any atom is -0.726 e. The molecular weight excluding hydrogens is 622 g/mol. The Morgan fingerprint density at radius 2 is 1.17 bits per heavy atom. The number of hydrogen-bond donors (Lipinski definition) is 1. The van der Waals surface area contributed by atoms with E-state index in [-0.39, 0.29) is 0 Å². The van der Waals surface area contributed by atoms with Crippen molar-refractivity contribution in [3.63, 3.8) is 0 Å². The minimum absolute atomic E-state index is 0.539. The molecule has 0 unspecified atom stereocenters. The summed E-state index contributed by atoms with van der Waals surface area (Å²) in [5, 5.41) is 1.89. The summed E-state index contributed by atoms with van der Waals surface area (Å²) >= 11 is 0. The molecule has 0 aliphatic carbocycles. The number of methoxy groups -OCH3 is 8. The van der Waals surface area contributed by atoms with E-state index in [0.29, 0.717) is 52.4 Å². The van der Waals surface area contributed by atoms with Crippen LogP contribution in [0.15, 0.2) is 36.4 Å². The van der Waals surface area contributed by atoms with Gasteiger partial charge in [0.25, 0.3) is 0 Å². The fourth-order valence-corrected chi connectivity index (χ4v) is 5.78. The van der Waals surface area contributed by atoms with Gasteiger partial charge in [-0.25, -0.2) is 8.42 Å². The molecule has 13 nitrogen and oxygen atoms in total. The molecule has 0 atom stereocenters. The molecule has 46 heavy (non-hydrogen) atoms. The Morgan fingerprint density at radius 1 is 0.674 bits per heavy atom. The zero-order valence-electron chi connectivity index (χ0n) is 26.9. The molecule has 0 radical (unpaired) electrons.